The number of carboxylic acid groups (broad SMARTS) is 1. The SMILES string of the molecule is CCCS(=O)(=O)CCC(C(=O)O)(C(=O)OC)C1CCCC1. The zero-order valence-electron chi connectivity index (χ0n) is 12.6. The lowest BCUT2D eigenvalue weighted by Gasteiger charge is -2.32. The maximum atomic E-state index is 12.1. The zero-order valence-corrected chi connectivity index (χ0v) is 13.4. The van der Waals surface area contributed by atoms with Gasteiger partial charge in [0, 0.05) is 5.75 Å². The van der Waals surface area contributed by atoms with E-state index in [-0.39, 0.29) is 23.8 Å². The van der Waals surface area contributed by atoms with Crippen LogP contribution in [0.2, 0.25) is 0 Å². The highest BCUT2D eigenvalue weighted by Gasteiger charge is 2.54. The van der Waals surface area contributed by atoms with Crippen LogP contribution >= 0.6 is 0 Å². The van der Waals surface area contributed by atoms with Crippen molar-refractivity contribution in [2.24, 2.45) is 11.3 Å². The highest BCUT2D eigenvalue weighted by Crippen LogP contribution is 2.44. The lowest BCUT2D eigenvalue weighted by Crippen LogP contribution is -2.47. The van der Waals surface area contributed by atoms with Crippen LogP contribution in [0.15, 0.2) is 0 Å². The zero-order chi connectivity index (χ0) is 16.1. The number of methoxy groups -OCH3 is 1. The topological polar surface area (TPSA) is 97.7 Å². The van der Waals surface area contributed by atoms with Gasteiger partial charge in [0.1, 0.15) is 9.84 Å². The largest absolute Gasteiger partial charge is 0.480 e. The van der Waals surface area contributed by atoms with E-state index in [0.29, 0.717) is 19.3 Å². The van der Waals surface area contributed by atoms with E-state index in [1.807, 2.05) is 0 Å². The molecule has 1 atom stereocenters. The lowest BCUT2D eigenvalue weighted by molar-refractivity contribution is -0.172. The van der Waals surface area contributed by atoms with Crippen molar-refractivity contribution in [3.05, 3.63) is 0 Å². The second-order valence-electron chi connectivity index (χ2n) is 5.65. The average Bonchev–Trinajstić information content (AvgIpc) is 2.92. The van der Waals surface area contributed by atoms with Crippen molar-refractivity contribution in [1.29, 1.82) is 0 Å². The molecule has 0 amide bonds. The summed E-state index contributed by atoms with van der Waals surface area (Å²) in [6, 6.07) is 0. The Balaban J connectivity index is 3.05. The molecule has 1 saturated carbocycles. The molecule has 122 valence electrons. The van der Waals surface area contributed by atoms with Gasteiger partial charge in [-0.05, 0) is 31.6 Å². The first-order valence-electron chi connectivity index (χ1n) is 7.32. The highest BCUT2D eigenvalue weighted by molar-refractivity contribution is 7.91. The van der Waals surface area contributed by atoms with Gasteiger partial charge in [-0.1, -0.05) is 19.8 Å². The first-order chi connectivity index (χ1) is 9.80. The first-order valence-corrected chi connectivity index (χ1v) is 9.14. The number of carboxylic acids is 1. The Bertz CT molecular complexity index is 478. The van der Waals surface area contributed by atoms with Gasteiger partial charge in [0.2, 0.25) is 0 Å². The summed E-state index contributed by atoms with van der Waals surface area (Å²) >= 11 is 0. The third-order valence-electron chi connectivity index (χ3n) is 4.31. The number of carbonyl (C=O) groups excluding carboxylic acids is 1. The van der Waals surface area contributed by atoms with Gasteiger partial charge in [0.25, 0.3) is 0 Å². The monoisotopic (exact) mass is 320 g/mol. The van der Waals surface area contributed by atoms with E-state index in [4.69, 9.17) is 4.74 Å². The molecule has 1 aliphatic rings. The van der Waals surface area contributed by atoms with Crippen molar-refractivity contribution < 1.29 is 27.9 Å². The Labute approximate surface area is 125 Å². The van der Waals surface area contributed by atoms with Crippen molar-refractivity contribution in [1.82, 2.24) is 0 Å². The number of sulfone groups is 1. The van der Waals surface area contributed by atoms with E-state index < -0.39 is 27.2 Å². The minimum absolute atomic E-state index is 0.00847. The predicted octanol–water partition coefficient (Wildman–Crippen LogP) is 1.64. The Hall–Kier alpha value is -1.11. The van der Waals surface area contributed by atoms with Gasteiger partial charge in [-0.3, -0.25) is 9.59 Å². The molecule has 0 aromatic heterocycles. The van der Waals surface area contributed by atoms with Crippen LogP contribution in [0.25, 0.3) is 0 Å². The molecule has 6 nitrogen and oxygen atoms in total. The highest BCUT2D eigenvalue weighted by atomic mass is 32.2. The molecule has 0 spiro atoms. The van der Waals surface area contributed by atoms with Gasteiger partial charge in [0.05, 0.1) is 12.9 Å². The summed E-state index contributed by atoms with van der Waals surface area (Å²) in [4.78, 5) is 23.9. The van der Waals surface area contributed by atoms with E-state index in [9.17, 15) is 23.1 Å². The molecule has 1 fully saturated rings. The van der Waals surface area contributed by atoms with E-state index in [1.54, 1.807) is 6.92 Å². The second kappa shape index (κ2) is 7.24. The minimum Gasteiger partial charge on any atom is -0.480 e. The summed E-state index contributed by atoms with van der Waals surface area (Å²) in [5, 5.41) is 9.62. The van der Waals surface area contributed by atoms with Crippen molar-refractivity contribution in [2.45, 2.75) is 45.4 Å². The van der Waals surface area contributed by atoms with Crippen LogP contribution in [0.3, 0.4) is 0 Å². The van der Waals surface area contributed by atoms with Crippen LogP contribution in [0.4, 0.5) is 0 Å². The van der Waals surface area contributed by atoms with Gasteiger partial charge in [-0.2, -0.15) is 0 Å². The fraction of sp³-hybridized carbons (Fsp3) is 0.857. The molecule has 0 radical (unpaired) electrons. The number of ether oxygens (including phenoxy) is 1. The molecule has 0 aromatic rings. The Kier molecular flexibility index (Phi) is 6.19. The van der Waals surface area contributed by atoms with Gasteiger partial charge >= 0.3 is 11.9 Å². The smallest absolute Gasteiger partial charge is 0.323 e. The summed E-state index contributed by atoms with van der Waals surface area (Å²) in [6.07, 6.45) is 3.23. The first kappa shape index (κ1) is 17.9. The normalized spacial score (nSPS) is 19.1. The standard InChI is InChI=1S/C14H24O6S/c1-3-9-21(18,19)10-8-14(12(15)16,13(17)20-2)11-6-4-5-7-11/h11H,3-10H2,1-2H3,(H,15,16). The molecule has 21 heavy (non-hydrogen) atoms. The van der Waals surface area contributed by atoms with Crippen LogP contribution in [0, 0.1) is 11.3 Å². The quantitative estimate of drug-likeness (QED) is 0.539. The van der Waals surface area contributed by atoms with Gasteiger partial charge in [-0.15, -0.1) is 0 Å². The van der Waals surface area contributed by atoms with Crippen LogP contribution in [-0.2, 0) is 24.2 Å². The third-order valence-corrected chi connectivity index (χ3v) is 6.16. The van der Waals surface area contributed by atoms with E-state index in [0.717, 1.165) is 20.0 Å². The summed E-state index contributed by atoms with van der Waals surface area (Å²) in [5.41, 5.74) is -1.73. The summed E-state index contributed by atoms with van der Waals surface area (Å²) in [5.74, 6) is -2.73. The summed E-state index contributed by atoms with van der Waals surface area (Å²) in [7, 11) is -2.19. The number of carbonyl (C=O) groups is 2. The Morgan fingerprint density at radius 1 is 1.24 bits per heavy atom. The van der Waals surface area contributed by atoms with E-state index >= 15 is 0 Å². The second-order valence-corrected chi connectivity index (χ2v) is 7.95. The minimum atomic E-state index is -3.34. The van der Waals surface area contributed by atoms with Crippen LogP contribution < -0.4 is 0 Å². The molecule has 0 aliphatic heterocycles. The maximum absolute atomic E-state index is 12.1. The number of hydrogen-bond acceptors (Lipinski definition) is 5. The summed E-state index contributed by atoms with van der Waals surface area (Å²) in [6.45, 7) is 1.75. The lowest BCUT2D eigenvalue weighted by atomic mass is 9.72. The van der Waals surface area contributed by atoms with Gasteiger partial charge in [-0.25, -0.2) is 8.42 Å². The summed E-state index contributed by atoms with van der Waals surface area (Å²) < 4.78 is 28.5. The maximum Gasteiger partial charge on any atom is 0.323 e. The van der Waals surface area contributed by atoms with Crippen molar-refractivity contribution in [2.75, 3.05) is 18.6 Å². The molecule has 0 aromatic carbocycles. The molecule has 1 rings (SSSR count). The van der Waals surface area contributed by atoms with Crippen LogP contribution in [-0.4, -0.2) is 44.1 Å². The molecular formula is C14H24O6S. The molecular weight excluding hydrogens is 296 g/mol. The van der Waals surface area contributed by atoms with Crippen molar-refractivity contribution >= 4 is 21.8 Å². The van der Waals surface area contributed by atoms with Crippen LogP contribution in [0.1, 0.15) is 45.4 Å². The molecule has 7 heteroatoms. The van der Waals surface area contributed by atoms with Crippen LogP contribution in [0.5, 0.6) is 0 Å². The molecule has 0 bridgehead atoms. The number of rotatable bonds is 8. The number of esters is 1. The van der Waals surface area contributed by atoms with Crippen molar-refractivity contribution in [3.63, 3.8) is 0 Å². The van der Waals surface area contributed by atoms with Gasteiger partial charge in [0.15, 0.2) is 5.41 Å². The predicted molar refractivity (Wildman–Crippen MR) is 77.6 cm³/mol. The Morgan fingerprint density at radius 3 is 2.24 bits per heavy atom. The molecule has 0 heterocycles. The molecule has 1 unspecified atom stereocenters. The molecule has 1 aliphatic carbocycles. The van der Waals surface area contributed by atoms with E-state index in [2.05, 4.69) is 0 Å². The van der Waals surface area contributed by atoms with Gasteiger partial charge < -0.3 is 9.84 Å². The fourth-order valence-electron chi connectivity index (χ4n) is 3.17. The Morgan fingerprint density at radius 2 is 1.81 bits per heavy atom. The van der Waals surface area contributed by atoms with Crippen molar-refractivity contribution in [3.8, 4) is 0 Å². The average molecular weight is 320 g/mol. The number of hydrogen-bond donors (Lipinski definition) is 1. The third kappa shape index (κ3) is 3.96. The van der Waals surface area contributed by atoms with E-state index in [1.165, 1.54) is 0 Å². The fourth-order valence-corrected chi connectivity index (χ4v) is 4.63. The molecule has 0 saturated heterocycles. The molecule has 1 N–H and O–H groups in total. The number of aliphatic carboxylic acids is 1.